The monoisotopic (exact) mass is 169 g/mol. The molecule has 1 nitrogen and oxygen atoms in total. The third-order valence-electron chi connectivity index (χ3n) is 2.12. The second-order valence-electron chi connectivity index (χ2n) is 3.20. The van der Waals surface area contributed by atoms with Crippen molar-refractivity contribution in [3.63, 3.8) is 0 Å². The maximum Gasteiger partial charge on any atom is 0.130 e. The molecule has 3 heteroatoms. The van der Waals surface area contributed by atoms with Gasteiger partial charge in [0.1, 0.15) is 11.6 Å². The fourth-order valence-corrected chi connectivity index (χ4v) is 1.59. The lowest BCUT2D eigenvalue weighted by atomic mass is 10.1. The van der Waals surface area contributed by atoms with Gasteiger partial charge in [0.25, 0.3) is 0 Å². The SMILES string of the molecule is CN1Cc2cc(F)cc(F)c2C1. The Balaban J connectivity index is 2.52. The number of fused-ring (bicyclic) bond motifs is 1. The Morgan fingerprint density at radius 2 is 2.00 bits per heavy atom. The Kier molecular flexibility index (Phi) is 1.61. The van der Waals surface area contributed by atoms with E-state index in [9.17, 15) is 8.78 Å². The first-order valence-electron chi connectivity index (χ1n) is 3.82. The Labute approximate surface area is 69.6 Å². The van der Waals surface area contributed by atoms with Gasteiger partial charge in [-0.3, -0.25) is 4.90 Å². The highest BCUT2D eigenvalue weighted by molar-refractivity contribution is 5.32. The van der Waals surface area contributed by atoms with Crippen molar-refractivity contribution in [2.45, 2.75) is 13.1 Å². The molecule has 1 aliphatic heterocycles. The molecule has 1 aromatic carbocycles. The number of hydrogen-bond donors (Lipinski definition) is 0. The van der Waals surface area contributed by atoms with E-state index in [1.54, 1.807) is 0 Å². The van der Waals surface area contributed by atoms with Crippen LogP contribution in [0, 0.1) is 11.6 Å². The molecule has 0 aliphatic carbocycles. The van der Waals surface area contributed by atoms with Crippen molar-refractivity contribution in [1.82, 2.24) is 4.90 Å². The molecule has 0 unspecified atom stereocenters. The molecule has 1 heterocycles. The zero-order valence-electron chi connectivity index (χ0n) is 6.77. The fourth-order valence-electron chi connectivity index (χ4n) is 1.59. The number of benzene rings is 1. The van der Waals surface area contributed by atoms with E-state index in [1.807, 2.05) is 11.9 Å². The first-order valence-corrected chi connectivity index (χ1v) is 3.82. The normalized spacial score (nSPS) is 16.6. The molecule has 0 spiro atoms. The van der Waals surface area contributed by atoms with Gasteiger partial charge in [-0.25, -0.2) is 8.78 Å². The van der Waals surface area contributed by atoms with Crippen LogP contribution in [0.3, 0.4) is 0 Å². The van der Waals surface area contributed by atoms with Crippen LogP contribution >= 0.6 is 0 Å². The summed E-state index contributed by atoms with van der Waals surface area (Å²) in [6, 6.07) is 2.35. The summed E-state index contributed by atoms with van der Waals surface area (Å²) in [5, 5.41) is 0. The second-order valence-corrected chi connectivity index (χ2v) is 3.20. The van der Waals surface area contributed by atoms with E-state index < -0.39 is 11.6 Å². The summed E-state index contributed by atoms with van der Waals surface area (Å²) in [5.41, 5.74) is 1.41. The van der Waals surface area contributed by atoms with Crippen LogP contribution in [0.25, 0.3) is 0 Å². The number of rotatable bonds is 0. The van der Waals surface area contributed by atoms with Crippen LogP contribution < -0.4 is 0 Å². The van der Waals surface area contributed by atoms with Crippen LogP contribution in [0.5, 0.6) is 0 Å². The van der Waals surface area contributed by atoms with Crippen LogP contribution in [-0.4, -0.2) is 11.9 Å². The lowest BCUT2D eigenvalue weighted by molar-refractivity contribution is 0.350. The number of hydrogen-bond acceptors (Lipinski definition) is 1. The van der Waals surface area contributed by atoms with Crippen molar-refractivity contribution >= 4 is 0 Å². The van der Waals surface area contributed by atoms with Crippen LogP contribution in [0.15, 0.2) is 12.1 Å². The van der Waals surface area contributed by atoms with Crippen molar-refractivity contribution in [3.8, 4) is 0 Å². The van der Waals surface area contributed by atoms with Gasteiger partial charge in [0, 0.05) is 24.7 Å². The molecular weight excluding hydrogens is 160 g/mol. The molecule has 64 valence electrons. The largest absolute Gasteiger partial charge is 0.298 e. The smallest absolute Gasteiger partial charge is 0.130 e. The van der Waals surface area contributed by atoms with E-state index in [2.05, 4.69) is 0 Å². The summed E-state index contributed by atoms with van der Waals surface area (Å²) < 4.78 is 25.7. The van der Waals surface area contributed by atoms with E-state index >= 15 is 0 Å². The molecule has 2 rings (SSSR count). The summed E-state index contributed by atoms with van der Waals surface area (Å²) >= 11 is 0. The van der Waals surface area contributed by atoms with Crippen molar-refractivity contribution in [2.75, 3.05) is 7.05 Å². The van der Waals surface area contributed by atoms with Crippen LogP contribution in [0.4, 0.5) is 8.78 Å². The van der Waals surface area contributed by atoms with Gasteiger partial charge >= 0.3 is 0 Å². The topological polar surface area (TPSA) is 3.24 Å². The Morgan fingerprint density at radius 3 is 2.75 bits per heavy atom. The Hall–Kier alpha value is -0.960. The highest BCUT2D eigenvalue weighted by Gasteiger charge is 2.19. The van der Waals surface area contributed by atoms with Gasteiger partial charge in [-0.15, -0.1) is 0 Å². The standard InChI is InChI=1S/C9H9F2N/c1-12-4-6-2-7(10)3-9(11)8(6)5-12/h2-3H,4-5H2,1H3. The summed E-state index contributed by atoms with van der Waals surface area (Å²) in [6.07, 6.45) is 0. The summed E-state index contributed by atoms with van der Waals surface area (Å²) in [6.45, 7) is 1.23. The molecule has 1 aromatic rings. The molecular formula is C9H9F2N. The van der Waals surface area contributed by atoms with Crippen LogP contribution in [0.2, 0.25) is 0 Å². The maximum atomic E-state index is 13.1. The van der Waals surface area contributed by atoms with Crippen molar-refractivity contribution in [2.24, 2.45) is 0 Å². The van der Waals surface area contributed by atoms with Crippen molar-refractivity contribution in [3.05, 3.63) is 34.9 Å². The van der Waals surface area contributed by atoms with Gasteiger partial charge < -0.3 is 0 Å². The van der Waals surface area contributed by atoms with Gasteiger partial charge in [-0.05, 0) is 18.7 Å². The van der Waals surface area contributed by atoms with E-state index in [1.165, 1.54) is 6.07 Å². The maximum absolute atomic E-state index is 13.1. The van der Waals surface area contributed by atoms with Crippen molar-refractivity contribution in [1.29, 1.82) is 0 Å². The van der Waals surface area contributed by atoms with E-state index in [4.69, 9.17) is 0 Å². The van der Waals surface area contributed by atoms with Gasteiger partial charge in [0.2, 0.25) is 0 Å². The molecule has 0 amide bonds. The zero-order valence-corrected chi connectivity index (χ0v) is 6.77. The predicted octanol–water partition coefficient (Wildman–Crippen LogP) is 1.91. The van der Waals surface area contributed by atoms with E-state index in [0.717, 1.165) is 11.6 Å². The highest BCUT2D eigenvalue weighted by atomic mass is 19.1. The van der Waals surface area contributed by atoms with Crippen molar-refractivity contribution < 1.29 is 8.78 Å². The van der Waals surface area contributed by atoms with Gasteiger partial charge in [0.15, 0.2) is 0 Å². The van der Waals surface area contributed by atoms with Gasteiger partial charge in [-0.2, -0.15) is 0 Å². The first-order chi connectivity index (χ1) is 5.66. The summed E-state index contributed by atoms with van der Waals surface area (Å²) in [5.74, 6) is -0.907. The Morgan fingerprint density at radius 1 is 1.25 bits per heavy atom. The quantitative estimate of drug-likeness (QED) is 0.573. The minimum Gasteiger partial charge on any atom is -0.298 e. The zero-order chi connectivity index (χ0) is 8.72. The summed E-state index contributed by atoms with van der Waals surface area (Å²) in [4.78, 5) is 1.95. The second kappa shape index (κ2) is 2.52. The molecule has 1 aliphatic rings. The average molecular weight is 169 g/mol. The van der Waals surface area contributed by atoms with Crippen LogP contribution in [0.1, 0.15) is 11.1 Å². The first kappa shape index (κ1) is 7.68. The van der Waals surface area contributed by atoms with E-state index in [0.29, 0.717) is 18.7 Å². The predicted molar refractivity (Wildman–Crippen MR) is 41.5 cm³/mol. The molecule has 0 radical (unpaired) electrons. The third-order valence-corrected chi connectivity index (χ3v) is 2.12. The molecule has 0 bridgehead atoms. The average Bonchev–Trinajstić information content (AvgIpc) is 2.29. The summed E-state index contributed by atoms with van der Waals surface area (Å²) in [7, 11) is 1.89. The minimum absolute atomic E-state index is 0.422. The van der Waals surface area contributed by atoms with E-state index in [-0.39, 0.29) is 0 Å². The molecule has 0 fully saturated rings. The number of halogens is 2. The lowest BCUT2D eigenvalue weighted by Crippen LogP contribution is -2.07. The lowest BCUT2D eigenvalue weighted by Gasteiger charge is -2.02. The van der Waals surface area contributed by atoms with Crippen LogP contribution in [-0.2, 0) is 13.1 Å². The Bertz CT molecular complexity index is 323. The molecule has 0 saturated carbocycles. The third kappa shape index (κ3) is 1.10. The minimum atomic E-state index is -0.485. The van der Waals surface area contributed by atoms with Gasteiger partial charge in [0.05, 0.1) is 0 Å². The molecule has 0 atom stereocenters. The molecule has 0 saturated heterocycles. The molecule has 12 heavy (non-hydrogen) atoms. The highest BCUT2D eigenvalue weighted by Crippen LogP contribution is 2.24. The van der Waals surface area contributed by atoms with Gasteiger partial charge in [-0.1, -0.05) is 0 Å². The number of nitrogens with zero attached hydrogens (tertiary/aromatic N) is 1. The fraction of sp³-hybridized carbons (Fsp3) is 0.333. The molecule has 0 N–H and O–H groups in total. The molecule has 0 aromatic heterocycles.